The van der Waals surface area contributed by atoms with Crippen LogP contribution < -0.4 is 4.90 Å². The van der Waals surface area contributed by atoms with Gasteiger partial charge >= 0.3 is 0 Å². The fourth-order valence-corrected chi connectivity index (χ4v) is 3.77. The minimum Gasteiger partial charge on any atom is -0.393 e. The summed E-state index contributed by atoms with van der Waals surface area (Å²) in [6.07, 6.45) is 3.77. The van der Waals surface area contributed by atoms with Crippen LogP contribution in [0.3, 0.4) is 0 Å². The molecular formula is C18H26N2O2. The summed E-state index contributed by atoms with van der Waals surface area (Å²) in [6.45, 7) is 4.55. The highest BCUT2D eigenvalue weighted by atomic mass is 16.3. The van der Waals surface area contributed by atoms with E-state index in [9.17, 15) is 9.90 Å². The van der Waals surface area contributed by atoms with E-state index >= 15 is 0 Å². The quantitative estimate of drug-likeness (QED) is 0.931. The number of aliphatic hydroxyl groups excluding tert-OH is 1. The van der Waals surface area contributed by atoms with Crippen LogP contribution in [0.15, 0.2) is 30.3 Å². The first-order valence-electron chi connectivity index (χ1n) is 8.45. The minimum atomic E-state index is -0.231. The van der Waals surface area contributed by atoms with E-state index in [1.165, 1.54) is 0 Å². The Labute approximate surface area is 132 Å². The third-order valence-electron chi connectivity index (χ3n) is 5.18. The Hall–Kier alpha value is -1.39. The second-order valence-corrected chi connectivity index (χ2v) is 6.60. The minimum absolute atomic E-state index is 0.0175. The Morgan fingerprint density at radius 2 is 1.77 bits per heavy atom. The third-order valence-corrected chi connectivity index (χ3v) is 5.18. The molecule has 2 saturated heterocycles. The SMILES string of the molecule is CC(O)C1CCN(C2CCCN(c3ccccc3)C2=O)CC1. The van der Waals surface area contributed by atoms with E-state index in [1.54, 1.807) is 0 Å². The van der Waals surface area contributed by atoms with Crippen LogP contribution in [0.2, 0.25) is 0 Å². The van der Waals surface area contributed by atoms with Gasteiger partial charge in [-0.1, -0.05) is 18.2 Å². The number of para-hydroxylation sites is 1. The van der Waals surface area contributed by atoms with E-state index in [1.807, 2.05) is 42.2 Å². The number of carbonyl (C=O) groups is 1. The zero-order chi connectivity index (χ0) is 15.5. The Balaban J connectivity index is 1.66. The topological polar surface area (TPSA) is 43.8 Å². The van der Waals surface area contributed by atoms with E-state index < -0.39 is 0 Å². The van der Waals surface area contributed by atoms with Crippen molar-refractivity contribution in [3.8, 4) is 0 Å². The van der Waals surface area contributed by atoms with Crippen LogP contribution in [0, 0.1) is 5.92 Å². The van der Waals surface area contributed by atoms with Crippen molar-refractivity contribution < 1.29 is 9.90 Å². The van der Waals surface area contributed by atoms with E-state index in [0.29, 0.717) is 5.92 Å². The molecule has 1 N–H and O–H groups in total. The molecular weight excluding hydrogens is 276 g/mol. The monoisotopic (exact) mass is 302 g/mol. The first-order chi connectivity index (χ1) is 10.7. The van der Waals surface area contributed by atoms with Gasteiger partial charge in [0.2, 0.25) is 5.91 Å². The number of anilines is 1. The largest absolute Gasteiger partial charge is 0.393 e. The summed E-state index contributed by atoms with van der Waals surface area (Å²) in [5, 5.41) is 9.72. The van der Waals surface area contributed by atoms with Gasteiger partial charge < -0.3 is 10.0 Å². The lowest BCUT2D eigenvalue weighted by Gasteiger charge is -2.42. The molecule has 3 rings (SSSR count). The molecule has 2 heterocycles. The van der Waals surface area contributed by atoms with Gasteiger partial charge in [0.1, 0.15) is 0 Å². The van der Waals surface area contributed by atoms with Gasteiger partial charge in [-0.05, 0) is 63.7 Å². The maximum absolute atomic E-state index is 12.9. The number of hydrogen-bond donors (Lipinski definition) is 1. The lowest BCUT2D eigenvalue weighted by molar-refractivity contribution is -0.126. The van der Waals surface area contributed by atoms with Crippen molar-refractivity contribution in [1.29, 1.82) is 0 Å². The number of likely N-dealkylation sites (tertiary alicyclic amines) is 1. The molecule has 22 heavy (non-hydrogen) atoms. The standard InChI is InChI=1S/C18H26N2O2/c1-14(21)15-9-12-19(13-10-15)17-8-5-11-20(18(17)22)16-6-3-2-4-7-16/h2-4,6-7,14-15,17,21H,5,8-13H2,1H3. The van der Waals surface area contributed by atoms with Gasteiger partial charge in [0.25, 0.3) is 0 Å². The third kappa shape index (κ3) is 3.18. The maximum atomic E-state index is 12.9. The second kappa shape index (κ2) is 6.80. The van der Waals surface area contributed by atoms with Crippen molar-refractivity contribution in [2.24, 2.45) is 5.92 Å². The molecule has 0 aliphatic carbocycles. The first kappa shape index (κ1) is 15.5. The molecule has 0 aromatic heterocycles. The molecule has 0 bridgehead atoms. The molecule has 2 fully saturated rings. The molecule has 0 saturated carbocycles. The smallest absolute Gasteiger partial charge is 0.244 e. The van der Waals surface area contributed by atoms with E-state index in [0.717, 1.165) is 51.0 Å². The van der Waals surface area contributed by atoms with Crippen molar-refractivity contribution in [1.82, 2.24) is 4.90 Å². The average molecular weight is 302 g/mol. The lowest BCUT2D eigenvalue weighted by Crippen LogP contribution is -2.54. The van der Waals surface area contributed by atoms with Gasteiger partial charge in [-0.3, -0.25) is 9.69 Å². The van der Waals surface area contributed by atoms with Crippen LogP contribution in [0.1, 0.15) is 32.6 Å². The van der Waals surface area contributed by atoms with Gasteiger partial charge in [0, 0.05) is 12.2 Å². The number of hydrogen-bond acceptors (Lipinski definition) is 3. The summed E-state index contributed by atoms with van der Waals surface area (Å²) < 4.78 is 0. The van der Waals surface area contributed by atoms with Gasteiger partial charge in [0.15, 0.2) is 0 Å². The fraction of sp³-hybridized carbons (Fsp3) is 0.611. The van der Waals surface area contributed by atoms with Crippen LogP contribution in [0.4, 0.5) is 5.69 Å². The number of piperidine rings is 2. The molecule has 1 aromatic carbocycles. The Morgan fingerprint density at radius 3 is 2.41 bits per heavy atom. The van der Waals surface area contributed by atoms with Crippen molar-refractivity contribution in [3.05, 3.63) is 30.3 Å². The molecule has 1 aromatic rings. The number of amides is 1. The Bertz CT molecular complexity index is 495. The van der Waals surface area contributed by atoms with E-state index in [4.69, 9.17) is 0 Å². The van der Waals surface area contributed by atoms with Crippen LogP contribution in [0.5, 0.6) is 0 Å². The predicted molar refractivity (Wildman–Crippen MR) is 87.8 cm³/mol. The van der Waals surface area contributed by atoms with Crippen molar-refractivity contribution in [2.75, 3.05) is 24.5 Å². The number of aliphatic hydroxyl groups is 1. The number of carbonyl (C=O) groups excluding carboxylic acids is 1. The zero-order valence-corrected chi connectivity index (χ0v) is 13.3. The molecule has 0 spiro atoms. The molecule has 4 nitrogen and oxygen atoms in total. The molecule has 2 atom stereocenters. The number of rotatable bonds is 3. The van der Waals surface area contributed by atoms with Gasteiger partial charge in [0.05, 0.1) is 12.1 Å². The summed E-state index contributed by atoms with van der Waals surface area (Å²) in [5.41, 5.74) is 1.01. The van der Waals surface area contributed by atoms with Crippen LogP contribution in [-0.2, 0) is 4.79 Å². The molecule has 0 radical (unpaired) electrons. The predicted octanol–water partition coefficient (Wildman–Crippen LogP) is 2.27. The van der Waals surface area contributed by atoms with Crippen molar-refractivity contribution in [2.45, 2.75) is 44.8 Å². The van der Waals surface area contributed by atoms with Gasteiger partial charge in [-0.15, -0.1) is 0 Å². The summed E-state index contributed by atoms with van der Waals surface area (Å²) >= 11 is 0. The zero-order valence-electron chi connectivity index (χ0n) is 13.3. The summed E-state index contributed by atoms with van der Waals surface area (Å²) in [6, 6.07) is 10.0. The van der Waals surface area contributed by atoms with Gasteiger partial charge in [-0.25, -0.2) is 0 Å². The summed E-state index contributed by atoms with van der Waals surface area (Å²) in [5.74, 6) is 0.633. The van der Waals surface area contributed by atoms with Gasteiger partial charge in [-0.2, -0.15) is 0 Å². The number of benzene rings is 1. The number of nitrogens with zero attached hydrogens (tertiary/aromatic N) is 2. The second-order valence-electron chi connectivity index (χ2n) is 6.60. The van der Waals surface area contributed by atoms with Crippen LogP contribution >= 0.6 is 0 Å². The van der Waals surface area contributed by atoms with E-state index in [2.05, 4.69) is 4.90 Å². The Morgan fingerprint density at radius 1 is 1.09 bits per heavy atom. The van der Waals surface area contributed by atoms with Crippen molar-refractivity contribution >= 4 is 11.6 Å². The maximum Gasteiger partial charge on any atom is 0.244 e. The normalized spacial score (nSPS) is 26.2. The van der Waals surface area contributed by atoms with Crippen molar-refractivity contribution in [3.63, 3.8) is 0 Å². The highest BCUT2D eigenvalue weighted by Crippen LogP contribution is 2.28. The molecule has 120 valence electrons. The highest BCUT2D eigenvalue weighted by Gasteiger charge is 2.36. The van der Waals surface area contributed by atoms with Crippen LogP contribution in [0.25, 0.3) is 0 Å². The lowest BCUT2D eigenvalue weighted by atomic mass is 9.90. The average Bonchev–Trinajstić information content (AvgIpc) is 2.56. The molecule has 4 heteroatoms. The van der Waals surface area contributed by atoms with Crippen LogP contribution in [-0.4, -0.2) is 47.7 Å². The molecule has 2 unspecified atom stereocenters. The highest BCUT2D eigenvalue weighted by molar-refractivity contribution is 5.97. The molecule has 2 aliphatic rings. The van der Waals surface area contributed by atoms with E-state index in [-0.39, 0.29) is 18.1 Å². The fourth-order valence-electron chi connectivity index (χ4n) is 3.77. The first-order valence-corrected chi connectivity index (χ1v) is 8.45. The molecule has 2 aliphatic heterocycles. The Kier molecular flexibility index (Phi) is 4.79. The summed E-state index contributed by atoms with van der Waals surface area (Å²) in [7, 11) is 0. The molecule has 1 amide bonds. The summed E-state index contributed by atoms with van der Waals surface area (Å²) in [4.78, 5) is 17.1.